The van der Waals surface area contributed by atoms with Crippen molar-refractivity contribution in [1.82, 2.24) is 0 Å². The van der Waals surface area contributed by atoms with Crippen molar-refractivity contribution in [2.24, 2.45) is 5.92 Å². The maximum Gasteiger partial charge on any atom is 0.339 e. The lowest BCUT2D eigenvalue weighted by Crippen LogP contribution is -2.18. The molecule has 0 bridgehead atoms. The molecule has 22 heavy (non-hydrogen) atoms. The normalized spacial score (nSPS) is 12.0. The molecule has 0 aliphatic rings. The van der Waals surface area contributed by atoms with E-state index >= 15 is 0 Å². The summed E-state index contributed by atoms with van der Waals surface area (Å²) < 4.78 is 10.4. The van der Waals surface area contributed by atoms with Crippen LogP contribution in [-0.4, -0.2) is 24.6 Å². The highest BCUT2D eigenvalue weighted by Gasteiger charge is 2.20. The molecule has 0 aromatic heterocycles. The van der Waals surface area contributed by atoms with Crippen LogP contribution in [0.3, 0.4) is 0 Å². The van der Waals surface area contributed by atoms with Crippen molar-refractivity contribution in [3.8, 4) is 0 Å². The minimum absolute atomic E-state index is 0.165. The van der Waals surface area contributed by atoms with Crippen molar-refractivity contribution in [3.05, 3.63) is 35.4 Å². The molecule has 0 aliphatic heterocycles. The summed E-state index contributed by atoms with van der Waals surface area (Å²) >= 11 is 0. The van der Waals surface area contributed by atoms with Crippen molar-refractivity contribution in [2.45, 2.75) is 53.1 Å². The third kappa shape index (κ3) is 5.88. The van der Waals surface area contributed by atoms with Crippen LogP contribution in [0.1, 0.15) is 67.7 Å². The first kappa shape index (κ1) is 18.2. The van der Waals surface area contributed by atoms with E-state index in [0.717, 1.165) is 19.3 Å². The standard InChI is InChI=1S/C18H26O4/c1-5-21-17(19)15-11-6-7-12-16(15)18(20)22-14(4)10-8-9-13(2)3/h6-7,11-14H,5,8-10H2,1-4H3. The lowest BCUT2D eigenvalue weighted by atomic mass is 10.0. The van der Waals surface area contributed by atoms with E-state index in [1.165, 1.54) is 0 Å². The van der Waals surface area contributed by atoms with Crippen LogP contribution < -0.4 is 0 Å². The summed E-state index contributed by atoms with van der Waals surface area (Å²) in [4.78, 5) is 24.1. The molecule has 0 heterocycles. The summed E-state index contributed by atoms with van der Waals surface area (Å²) in [6.07, 6.45) is 2.79. The van der Waals surface area contributed by atoms with E-state index in [4.69, 9.17) is 9.47 Å². The van der Waals surface area contributed by atoms with Gasteiger partial charge in [0, 0.05) is 0 Å². The molecular weight excluding hydrogens is 280 g/mol. The highest BCUT2D eigenvalue weighted by atomic mass is 16.5. The minimum Gasteiger partial charge on any atom is -0.462 e. The van der Waals surface area contributed by atoms with E-state index in [1.807, 2.05) is 6.92 Å². The van der Waals surface area contributed by atoms with Crippen LogP contribution in [0.2, 0.25) is 0 Å². The Balaban J connectivity index is 2.67. The molecule has 0 aliphatic carbocycles. The van der Waals surface area contributed by atoms with Crippen LogP contribution in [0.15, 0.2) is 24.3 Å². The molecule has 0 radical (unpaired) electrons. The SMILES string of the molecule is CCOC(=O)c1ccccc1C(=O)OC(C)CCCC(C)C. The van der Waals surface area contributed by atoms with Crippen molar-refractivity contribution in [1.29, 1.82) is 0 Å². The molecule has 4 heteroatoms. The molecule has 1 rings (SSSR count). The first-order valence-electron chi connectivity index (χ1n) is 7.92. The van der Waals surface area contributed by atoms with Gasteiger partial charge in [0.15, 0.2) is 0 Å². The van der Waals surface area contributed by atoms with Crippen molar-refractivity contribution < 1.29 is 19.1 Å². The van der Waals surface area contributed by atoms with E-state index in [2.05, 4.69) is 13.8 Å². The molecule has 0 spiro atoms. The van der Waals surface area contributed by atoms with Gasteiger partial charge in [0.05, 0.1) is 23.8 Å². The molecule has 0 saturated carbocycles. The fraction of sp³-hybridized carbons (Fsp3) is 0.556. The Labute approximate surface area is 132 Å². The maximum absolute atomic E-state index is 12.3. The van der Waals surface area contributed by atoms with Gasteiger partial charge in [-0.2, -0.15) is 0 Å². The average Bonchev–Trinajstić information content (AvgIpc) is 2.47. The molecular formula is C18H26O4. The molecule has 1 aromatic carbocycles. The first-order valence-corrected chi connectivity index (χ1v) is 7.92. The molecule has 0 amide bonds. The van der Waals surface area contributed by atoms with Crippen LogP contribution >= 0.6 is 0 Å². The number of esters is 2. The smallest absolute Gasteiger partial charge is 0.339 e. The number of hydrogen-bond donors (Lipinski definition) is 0. The summed E-state index contributed by atoms with van der Waals surface area (Å²) in [5, 5.41) is 0. The number of ether oxygens (including phenoxy) is 2. The Bertz CT molecular complexity index is 494. The Morgan fingerprint density at radius 3 is 2.14 bits per heavy atom. The van der Waals surface area contributed by atoms with E-state index in [1.54, 1.807) is 31.2 Å². The highest BCUT2D eigenvalue weighted by Crippen LogP contribution is 2.15. The summed E-state index contributed by atoms with van der Waals surface area (Å²) in [5.41, 5.74) is 0.514. The quantitative estimate of drug-likeness (QED) is 0.674. The second kappa shape index (κ2) is 9.23. The van der Waals surface area contributed by atoms with E-state index < -0.39 is 11.9 Å². The second-order valence-corrected chi connectivity index (χ2v) is 5.81. The summed E-state index contributed by atoms with van der Waals surface area (Å²) in [5.74, 6) is -0.323. The van der Waals surface area contributed by atoms with E-state index in [0.29, 0.717) is 5.92 Å². The monoisotopic (exact) mass is 306 g/mol. The van der Waals surface area contributed by atoms with Crippen LogP contribution in [-0.2, 0) is 9.47 Å². The average molecular weight is 306 g/mol. The van der Waals surface area contributed by atoms with Gasteiger partial charge in [0.2, 0.25) is 0 Å². The van der Waals surface area contributed by atoms with Crippen molar-refractivity contribution in [2.75, 3.05) is 6.61 Å². The summed E-state index contributed by atoms with van der Waals surface area (Å²) in [7, 11) is 0. The van der Waals surface area contributed by atoms with Gasteiger partial charge in [-0.05, 0) is 44.7 Å². The number of hydrogen-bond acceptors (Lipinski definition) is 4. The van der Waals surface area contributed by atoms with Gasteiger partial charge in [0.1, 0.15) is 0 Å². The fourth-order valence-electron chi connectivity index (χ4n) is 2.17. The number of benzene rings is 1. The fourth-order valence-corrected chi connectivity index (χ4v) is 2.17. The third-order valence-electron chi connectivity index (χ3n) is 3.34. The van der Waals surface area contributed by atoms with Crippen LogP contribution in [0.4, 0.5) is 0 Å². The number of carbonyl (C=O) groups excluding carboxylic acids is 2. The molecule has 1 unspecified atom stereocenters. The van der Waals surface area contributed by atoms with Gasteiger partial charge in [0.25, 0.3) is 0 Å². The predicted molar refractivity (Wildman–Crippen MR) is 86.0 cm³/mol. The van der Waals surface area contributed by atoms with Gasteiger partial charge in [-0.3, -0.25) is 0 Å². The lowest BCUT2D eigenvalue weighted by Gasteiger charge is -2.15. The van der Waals surface area contributed by atoms with Gasteiger partial charge in [-0.15, -0.1) is 0 Å². The second-order valence-electron chi connectivity index (χ2n) is 5.81. The van der Waals surface area contributed by atoms with Crippen molar-refractivity contribution in [3.63, 3.8) is 0 Å². The van der Waals surface area contributed by atoms with E-state index in [-0.39, 0.29) is 23.8 Å². The highest BCUT2D eigenvalue weighted by molar-refractivity contribution is 6.03. The first-order chi connectivity index (χ1) is 10.5. The Morgan fingerprint density at radius 2 is 1.59 bits per heavy atom. The third-order valence-corrected chi connectivity index (χ3v) is 3.34. The molecule has 0 N–H and O–H groups in total. The van der Waals surface area contributed by atoms with Gasteiger partial charge >= 0.3 is 11.9 Å². The number of carbonyl (C=O) groups is 2. The van der Waals surface area contributed by atoms with Crippen LogP contribution in [0.5, 0.6) is 0 Å². The largest absolute Gasteiger partial charge is 0.462 e. The maximum atomic E-state index is 12.3. The minimum atomic E-state index is -0.498. The molecule has 0 fully saturated rings. The van der Waals surface area contributed by atoms with Gasteiger partial charge < -0.3 is 9.47 Å². The predicted octanol–water partition coefficient (Wildman–Crippen LogP) is 4.23. The lowest BCUT2D eigenvalue weighted by molar-refractivity contribution is 0.0307. The molecule has 0 saturated heterocycles. The van der Waals surface area contributed by atoms with Crippen LogP contribution in [0.25, 0.3) is 0 Å². The molecule has 122 valence electrons. The topological polar surface area (TPSA) is 52.6 Å². The van der Waals surface area contributed by atoms with Gasteiger partial charge in [-0.25, -0.2) is 9.59 Å². The van der Waals surface area contributed by atoms with Crippen molar-refractivity contribution >= 4 is 11.9 Å². The molecule has 4 nitrogen and oxygen atoms in total. The summed E-state index contributed by atoms with van der Waals surface area (Å²) in [6.45, 7) is 8.23. The Hall–Kier alpha value is -1.84. The molecule has 1 atom stereocenters. The van der Waals surface area contributed by atoms with Crippen LogP contribution in [0, 0.1) is 5.92 Å². The summed E-state index contributed by atoms with van der Waals surface area (Å²) in [6, 6.07) is 6.59. The Kier molecular flexibility index (Phi) is 7.64. The van der Waals surface area contributed by atoms with Gasteiger partial charge in [-0.1, -0.05) is 32.4 Å². The number of rotatable bonds is 8. The zero-order valence-corrected chi connectivity index (χ0v) is 13.9. The zero-order valence-electron chi connectivity index (χ0n) is 13.9. The van der Waals surface area contributed by atoms with E-state index in [9.17, 15) is 9.59 Å². The zero-order chi connectivity index (χ0) is 16.5. The molecule has 1 aromatic rings. The Morgan fingerprint density at radius 1 is 1.00 bits per heavy atom.